The van der Waals surface area contributed by atoms with E-state index < -0.39 is 11.7 Å². The van der Waals surface area contributed by atoms with Crippen LogP contribution < -0.4 is 0 Å². The van der Waals surface area contributed by atoms with Crippen LogP contribution in [0.15, 0.2) is 18.2 Å². The molecule has 5 heteroatoms. The van der Waals surface area contributed by atoms with Gasteiger partial charge < -0.3 is 0 Å². The van der Waals surface area contributed by atoms with Crippen LogP contribution in [0.5, 0.6) is 0 Å². The first-order valence-corrected chi connectivity index (χ1v) is 5.33. The molecule has 0 bridgehead atoms. The van der Waals surface area contributed by atoms with Crippen molar-refractivity contribution >= 4 is 28.4 Å². The summed E-state index contributed by atoms with van der Waals surface area (Å²) in [6.45, 7) is 1.62. The van der Waals surface area contributed by atoms with Gasteiger partial charge in [0.1, 0.15) is 0 Å². The zero-order valence-corrected chi connectivity index (χ0v) is 10.0. The maximum atomic E-state index is 12.4. The zero-order valence-electron chi connectivity index (χ0n) is 7.86. The molecule has 1 rings (SSSR count). The summed E-state index contributed by atoms with van der Waals surface area (Å²) in [5.74, 6) is -0.279. The van der Waals surface area contributed by atoms with Crippen LogP contribution in [0.3, 0.4) is 0 Å². The quantitative estimate of drug-likeness (QED) is 0.594. The number of Topliss-reactive ketones (excluding diaryl/α,β-unsaturated/α-hetero) is 1. The maximum absolute atomic E-state index is 12.4. The molecule has 82 valence electrons. The van der Waals surface area contributed by atoms with E-state index in [0.717, 1.165) is 12.1 Å². The van der Waals surface area contributed by atoms with Crippen molar-refractivity contribution in [3.8, 4) is 0 Å². The van der Waals surface area contributed by atoms with E-state index in [1.807, 2.05) is 0 Å². The molecule has 1 aromatic rings. The van der Waals surface area contributed by atoms with Crippen LogP contribution in [0.1, 0.15) is 29.3 Å². The first-order valence-electron chi connectivity index (χ1n) is 4.25. The van der Waals surface area contributed by atoms with Gasteiger partial charge in [-0.15, -0.1) is 0 Å². The number of ketones is 1. The van der Waals surface area contributed by atoms with E-state index in [0.29, 0.717) is 3.57 Å². The van der Waals surface area contributed by atoms with Crippen molar-refractivity contribution in [2.24, 2.45) is 0 Å². The fourth-order valence-electron chi connectivity index (χ4n) is 1.12. The molecule has 0 amide bonds. The van der Waals surface area contributed by atoms with Gasteiger partial charge in [0.05, 0.1) is 5.56 Å². The summed E-state index contributed by atoms with van der Waals surface area (Å²) < 4.78 is 37.6. The predicted molar refractivity (Wildman–Crippen MR) is 58.8 cm³/mol. The molecule has 0 fully saturated rings. The predicted octanol–water partition coefficient (Wildman–Crippen LogP) is 3.90. The highest BCUT2D eigenvalue weighted by atomic mass is 127. The normalized spacial score (nSPS) is 11.5. The molecule has 0 N–H and O–H groups in total. The summed E-state index contributed by atoms with van der Waals surface area (Å²) in [4.78, 5) is 11.3. The van der Waals surface area contributed by atoms with Crippen LogP contribution in [0.25, 0.3) is 0 Å². The Morgan fingerprint density at radius 1 is 1.33 bits per heavy atom. The van der Waals surface area contributed by atoms with Gasteiger partial charge in [-0.1, -0.05) is 6.92 Å². The van der Waals surface area contributed by atoms with Crippen LogP contribution >= 0.6 is 22.6 Å². The van der Waals surface area contributed by atoms with Crippen molar-refractivity contribution in [1.82, 2.24) is 0 Å². The van der Waals surface area contributed by atoms with Gasteiger partial charge in [-0.3, -0.25) is 4.79 Å². The van der Waals surface area contributed by atoms with Crippen molar-refractivity contribution in [3.63, 3.8) is 0 Å². The summed E-state index contributed by atoms with van der Waals surface area (Å²) in [7, 11) is 0. The molecule has 0 saturated carbocycles. The molecule has 1 nitrogen and oxygen atoms in total. The topological polar surface area (TPSA) is 17.1 Å². The Bertz CT molecular complexity index is 385. The summed E-state index contributed by atoms with van der Waals surface area (Å²) in [6.07, 6.45) is -4.19. The molecular formula is C10H8F3IO. The van der Waals surface area contributed by atoms with Gasteiger partial charge in [0.25, 0.3) is 0 Å². The van der Waals surface area contributed by atoms with Gasteiger partial charge in [-0.25, -0.2) is 0 Å². The fraction of sp³-hybridized carbons (Fsp3) is 0.300. The molecule has 15 heavy (non-hydrogen) atoms. The molecule has 0 atom stereocenters. The lowest BCUT2D eigenvalue weighted by Crippen LogP contribution is -2.08. The SMILES string of the molecule is CCC(=O)c1cc(I)cc(C(F)(F)F)c1. The average molecular weight is 328 g/mol. The Hall–Kier alpha value is -0.590. The summed E-state index contributed by atoms with van der Waals surface area (Å²) >= 11 is 1.77. The van der Waals surface area contributed by atoms with Crippen LogP contribution in [-0.4, -0.2) is 5.78 Å². The van der Waals surface area contributed by atoms with Gasteiger partial charge >= 0.3 is 6.18 Å². The average Bonchev–Trinajstić information content (AvgIpc) is 2.14. The highest BCUT2D eigenvalue weighted by Crippen LogP contribution is 2.31. The summed E-state index contributed by atoms with van der Waals surface area (Å²) in [6, 6.07) is 3.38. The Morgan fingerprint density at radius 2 is 1.93 bits per heavy atom. The van der Waals surface area contributed by atoms with Crippen LogP contribution in [0.2, 0.25) is 0 Å². The highest BCUT2D eigenvalue weighted by molar-refractivity contribution is 14.1. The standard InChI is InChI=1S/C10H8F3IO/c1-2-9(15)6-3-7(10(11,12)13)5-8(14)4-6/h3-5H,2H2,1H3. The molecular weight excluding hydrogens is 320 g/mol. The van der Waals surface area contributed by atoms with Crippen molar-refractivity contribution in [2.45, 2.75) is 19.5 Å². The van der Waals surface area contributed by atoms with Crippen LogP contribution in [-0.2, 0) is 6.18 Å². The van der Waals surface area contributed by atoms with Crippen molar-refractivity contribution < 1.29 is 18.0 Å². The molecule has 0 aliphatic rings. The van der Waals surface area contributed by atoms with E-state index in [-0.39, 0.29) is 17.8 Å². The third-order valence-electron chi connectivity index (χ3n) is 1.87. The largest absolute Gasteiger partial charge is 0.416 e. The molecule has 1 aromatic carbocycles. The molecule has 0 saturated heterocycles. The number of carbonyl (C=O) groups excluding carboxylic acids is 1. The Kier molecular flexibility index (Phi) is 3.75. The summed E-state index contributed by atoms with van der Waals surface area (Å²) in [5, 5.41) is 0. The fourth-order valence-corrected chi connectivity index (χ4v) is 1.79. The molecule has 0 aromatic heterocycles. The maximum Gasteiger partial charge on any atom is 0.416 e. The number of carbonyl (C=O) groups is 1. The second kappa shape index (κ2) is 4.51. The minimum absolute atomic E-state index is 0.122. The molecule has 0 unspecified atom stereocenters. The van der Waals surface area contributed by atoms with E-state index in [1.54, 1.807) is 29.5 Å². The third kappa shape index (κ3) is 3.19. The first kappa shape index (κ1) is 12.5. The Morgan fingerprint density at radius 3 is 2.40 bits per heavy atom. The molecule has 0 radical (unpaired) electrons. The Balaban J connectivity index is 3.23. The number of hydrogen-bond acceptors (Lipinski definition) is 1. The van der Waals surface area contributed by atoms with E-state index in [4.69, 9.17) is 0 Å². The third-order valence-corrected chi connectivity index (χ3v) is 2.49. The van der Waals surface area contributed by atoms with Gasteiger partial charge in [0, 0.05) is 15.6 Å². The molecule has 0 spiro atoms. The van der Waals surface area contributed by atoms with Gasteiger partial charge in [-0.2, -0.15) is 13.2 Å². The minimum atomic E-state index is -4.40. The van der Waals surface area contributed by atoms with Crippen molar-refractivity contribution in [2.75, 3.05) is 0 Å². The number of halogens is 4. The van der Waals surface area contributed by atoms with Crippen molar-refractivity contribution in [1.29, 1.82) is 0 Å². The van der Waals surface area contributed by atoms with E-state index >= 15 is 0 Å². The number of alkyl halides is 3. The highest BCUT2D eigenvalue weighted by Gasteiger charge is 2.31. The van der Waals surface area contributed by atoms with Crippen LogP contribution in [0.4, 0.5) is 13.2 Å². The lowest BCUT2D eigenvalue weighted by molar-refractivity contribution is -0.137. The molecule has 0 aliphatic carbocycles. The second-order valence-corrected chi connectivity index (χ2v) is 4.25. The Labute approximate surface area is 98.8 Å². The number of rotatable bonds is 2. The van der Waals surface area contributed by atoms with E-state index in [2.05, 4.69) is 0 Å². The van der Waals surface area contributed by atoms with Gasteiger partial charge in [-0.05, 0) is 40.8 Å². The number of hydrogen-bond donors (Lipinski definition) is 0. The first-order chi connectivity index (χ1) is 6.84. The van der Waals surface area contributed by atoms with E-state index in [9.17, 15) is 18.0 Å². The minimum Gasteiger partial charge on any atom is -0.294 e. The molecule has 0 heterocycles. The lowest BCUT2D eigenvalue weighted by atomic mass is 10.1. The monoisotopic (exact) mass is 328 g/mol. The van der Waals surface area contributed by atoms with Gasteiger partial charge in [0.2, 0.25) is 0 Å². The smallest absolute Gasteiger partial charge is 0.294 e. The van der Waals surface area contributed by atoms with E-state index in [1.165, 1.54) is 6.07 Å². The second-order valence-electron chi connectivity index (χ2n) is 3.00. The van der Waals surface area contributed by atoms with Gasteiger partial charge in [0.15, 0.2) is 5.78 Å². The lowest BCUT2D eigenvalue weighted by Gasteiger charge is -2.08. The van der Waals surface area contributed by atoms with Crippen molar-refractivity contribution in [3.05, 3.63) is 32.9 Å². The van der Waals surface area contributed by atoms with Crippen LogP contribution in [0, 0.1) is 3.57 Å². The number of benzene rings is 1. The summed E-state index contributed by atoms with van der Waals surface area (Å²) in [5.41, 5.74) is -0.650. The molecule has 0 aliphatic heterocycles. The zero-order chi connectivity index (χ0) is 11.6.